The number of halogens is 3. The van der Waals surface area contributed by atoms with E-state index in [1.165, 1.54) is 42.8 Å². The number of thiazole rings is 1. The van der Waals surface area contributed by atoms with Crippen LogP contribution in [0.3, 0.4) is 0 Å². The Balaban J connectivity index is 1.98. The molecule has 3 heterocycles. The summed E-state index contributed by atoms with van der Waals surface area (Å²) in [5.41, 5.74) is 6.26. The Kier molecular flexibility index (Phi) is 4.58. The summed E-state index contributed by atoms with van der Waals surface area (Å²) < 4.78 is 41.0. The number of pyridine rings is 1. The second-order valence-corrected chi connectivity index (χ2v) is 7.14. The van der Waals surface area contributed by atoms with Gasteiger partial charge in [0.25, 0.3) is 12.3 Å². The number of hydrogen-bond donors (Lipinski definition) is 1. The largest absolute Gasteiger partial charge is 0.369 e. The highest BCUT2D eigenvalue weighted by atomic mass is 32.1. The lowest BCUT2D eigenvalue weighted by atomic mass is 9.82. The Morgan fingerprint density at radius 2 is 2.00 bits per heavy atom. The van der Waals surface area contributed by atoms with Crippen LogP contribution in [-0.4, -0.2) is 33.8 Å². The second kappa shape index (κ2) is 6.96. The van der Waals surface area contributed by atoms with Crippen molar-refractivity contribution in [1.29, 1.82) is 0 Å². The minimum Gasteiger partial charge on any atom is -0.369 e. The summed E-state index contributed by atoms with van der Waals surface area (Å²) in [7, 11) is 1.43. The van der Waals surface area contributed by atoms with Crippen LogP contribution in [0.4, 0.5) is 13.2 Å². The van der Waals surface area contributed by atoms with Crippen molar-refractivity contribution in [2.75, 3.05) is 7.05 Å². The van der Waals surface area contributed by atoms with Crippen molar-refractivity contribution < 1.29 is 18.0 Å². The molecule has 0 aliphatic carbocycles. The molecule has 10 heteroatoms. The van der Waals surface area contributed by atoms with Crippen molar-refractivity contribution in [3.63, 3.8) is 0 Å². The molecular weight excluding hydrogens is 403 g/mol. The van der Waals surface area contributed by atoms with Crippen molar-refractivity contribution in [2.24, 2.45) is 10.7 Å². The molecule has 0 spiro atoms. The molecule has 4 rings (SSSR count). The number of carbonyl (C=O) groups excluding carboxylic acids is 1. The number of guanidine groups is 1. The third kappa shape index (κ3) is 2.96. The molecule has 1 aliphatic heterocycles. The van der Waals surface area contributed by atoms with E-state index in [4.69, 9.17) is 5.73 Å². The van der Waals surface area contributed by atoms with E-state index in [2.05, 4.69) is 15.0 Å². The maximum absolute atomic E-state index is 14.5. The predicted octanol–water partition coefficient (Wildman–Crippen LogP) is 3.31. The van der Waals surface area contributed by atoms with Crippen molar-refractivity contribution in [2.45, 2.75) is 12.0 Å². The highest BCUT2D eigenvalue weighted by molar-refractivity contribution is 7.07. The number of aromatic nitrogens is 2. The normalized spacial score (nSPS) is 19.1. The molecule has 3 aromatic rings. The first-order valence-electron chi connectivity index (χ1n) is 8.40. The van der Waals surface area contributed by atoms with E-state index >= 15 is 0 Å². The number of benzene rings is 1. The number of aliphatic imine (C=N–C) groups is 1. The van der Waals surface area contributed by atoms with Gasteiger partial charge in [-0.2, -0.15) is 0 Å². The van der Waals surface area contributed by atoms with Gasteiger partial charge >= 0.3 is 0 Å². The van der Waals surface area contributed by atoms with Gasteiger partial charge < -0.3 is 5.73 Å². The molecular formula is C19H14F3N5OS. The lowest BCUT2D eigenvalue weighted by Gasteiger charge is -2.26. The van der Waals surface area contributed by atoms with Crippen LogP contribution >= 0.6 is 11.3 Å². The van der Waals surface area contributed by atoms with Crippen molar-refractivity contribution >= 4 is 23.2 Å². The number of amides is 1. The van der Waals surface area contributed by atoms with Gasteiger partial charge in [0, 0.05) is 41.5 Å². The van der Waals surface area contributed by atoms with Crippen LogP contribution < -0.4 is 5.73 Å². The van der Waals surface area contributed by atoms with Crippen LogP contribution in [-0.2, 0) is 10.3 Å². The van der Waals surface area contributed by atoms with Gasteiger partial charge in [0.05, 0.1) is 11.2 Å². The number of likely N-dealkylation sites (N-methyl/N-ethyl adjacent to an activating group) is 1. The molecule has 0 radical (unpaired) electrons. The molecule has 0 saturated heterocycles. The highest BCUT2D eigenvalue weighted by Gasteiger charge is 2.50. The van der Waals surface area contributed by atoms with E-state index in [9.17, 15) is 18.0 Å². The fourth-order valence-corrected chi connectivity index (χ4v) is 3.80. The third-order valence-corrected chi connectivity index (χ3v) is 5.35. The molecule has 6 nitrogen and oxygen atoms in total. The van der Waals surface area contributed by atoms with Crippen LogP contribution in [0.2, 0.25) is 0 Å². The minimum atomic E-state index is -2.78. The van der Waals surface area contributed by atoms with Crippen LogP contribution in [0.15, 0.2) is 52.5 Å². The lowest BCUT2D eigenvalue weighted by molar-refractivity contribution is -0.129. The smallest absolute Gasteiger partial charge is 0.266 e. The molecule has 1 atom stereocenters. The highest BCUT2D eigenvalue weighted by Crippen LogP contribution is 2.41. The van der Waals surface area contributed by atoms with Gasteiger partial charge in [-0.3, -0.25) is 14.7 Å². The van der Waals surface area contributed by atoms with E-state index in [1.807, 2.05) is 0 Å². The number of carbonyl (C=O) groups is 1. The molecule has 0 saturated carbocycles. The third-order valence-electron chi connectivity index (χ3n) is 4.76. The van der Waals surface area contributed by atoms with E-state index in [0.29, 0.717) is 5.69 Å². The van der Waals surface area contributed by atoms with Gasteiger partial charge in [-0.25, -0.2) is 23.1 Å². The Hall–Kier alpha value is -3.27. The Morgan fingerprint density at radius 3 is 2.62 bits per heavy atom. The first-order valence-corrected chi connectivity index (χ1v) is 9.34. The van der Waals surface area contributed by atoms with Crippen molar-refractivity contribution in [3.8, 4) is 11.3 Å². The molecule has 2 N–H and O–H groups in total. The Morgan fingerprint density at radius 1 is 1.21 bits per heavy atom. The zero-order chi connectivity index (χ0) is 20.8. The minimum absolute atomic E-state index is 0.0861. The molecule has 0 fully saturated rings. The summed E-state index contributed by atoms with van der Waals surface area (Å²) >= 11 is 1.29. The van der Waals surface area contributed by atoms with E-state index in [1.54, 1.807) is 10.9 Å². The monoisotopic (exact) mass is 417 g/mol. The Bertz CT molecular complexity index is 1120. The number of nitrogens with zero attached hydrogens (tertiary/aromatic N) is 4. The van der Waals surface area contributed by atoms with Crippen LogP contribution in [0.25, 0.3) is 11.3 Å². The SMILES string of the molecule is CN1C(=O)C(c2cncc(C(F)F)c2)(c2ccc(F)c(-c3cscn3)c2)N=C1N. The van der Waals surface area contributed by atoms with Gasteiger partial charge in [0.1, 0.15) is 5.82 Å². The quantitative estimate of drug-likeness (QED) is 0.706. The number of nitrogens with two attached hydrogens (primary N) is 1. The molecule has 148 valence electrons. The van der Waals surface area contributed by atoms with Gasteiger partial charge in [-0.1, -0.05) is 6.07 Å². The van der Waals surface area contributed by atoms with Crippen molar-refractivity contribution in [3.05, 3.63) is 70.1 Å². The predicted molar refractivity (Wildman–Crippen MR) is 102 cm³/mol. The molecule has 1 aliphatic rings. The maximum atomic E-state index is 14.5. The zero-order valence-corrected chi connectivity index (χ0v) is 15.8. The molecule has 2 aromatic heterocycles. The molecule has 0 bridgehead atoms. The fourth-order valence-electron chi connectivity index (χ4n) is 3.25. The second-order valence-electron chi connectivity index (χ2n) is 6.42. The molecule has 29 heavy (non-hydrogen) atoms. The van der Waals surface area contributed by atoms with E-state index in [-0.39, 0.29) is 28.2 Å². The first-order chi connectivity index (χ1) is 13.8. The van der Waals surface area contributed by atoms with E-state index < -0.39 is 23.7 Å². The Labute approximate surface area is 167 Å². The van der Waals surface area contributed by atoms with Crippen molar-refractivity contribution in [1.82, 2.24) is 14.9 Å². The molecule has 1 unspecified atom stereocenters. The average Bonchev–Trinajstić information content (AvgIpc) is 3.32. The maximum Gasteiger partial charge on any atom is 0.266 e. The number of hydrogen-bond acceptors (Lipinski definition) is 6. The lowest BCUT2D eigenvalue weighted by Crippen LogP contribution is -2.41. The number of rotatable bonds is 4. The van der Waals surface area contributed by atoms with Gasteiger partial charge in [0.15, 0.2) is 11.5 Å². The summed E-state index contributed by atoms with van der Waals surface area (Å²) in [6.07, 6.45) is -0.483. The zero-order valence-electron chi connectivity index (χ0n) is 15.0. The topological polar surface area (TPSA) is 84.5 Å². The molecule has 1 aromatic carbocycles. The van der Waals surface area contributed by atoms with Crippen LogP contribution in [0.1, 0.15) is 23.1 Å². The van der Waals surface area contributed by atoms with Crippen LogP contribution in [0, 0.1) is 5.82 Å². The number of alkyl halides is 2. The first kappa shape index (κ1) is 19.1. The summed E-state index contributed by atoms with van der Waals surface area (Å²) in [5.74, 6) is -1.18. The van der Waals surface area contributed by atoms with Gasteiger partial charge in [-0.05, 0) is 23.8 Å². The summed E-state index contributed by atoms with van der Waals surface area (Å²) in [5, 5.41) is 1.66. The summed E-state index contributed by atoms with van der Waals surface area (Å²) in [6, 6.07) is 5.17. The molecule has 1 amide bonds. The standard InChI is InChI=1S/C19H14F3N5OS/c1-27-17(28)19(26-18(27)23,12-4-10(16(21)22)6-24-7-12)11-2-3-14(20)13(5-11)15-8-29-9-25-15/h2-9,16H,1H3,(H2,23,26). The van der Waals surface area contributed by atoms with Gasteiger partial charge in [-0.15, -0.1) is 11.3 Å². The average molecular weight is 417 g/mol. The van der Waals surface area contributed by atoms with E-state index in [0.717, 1.165) is 17.2 Å². The summed E-state index contributed by atoms with van der Waals surface area (Å²) in [6.45, 7) is 0. The fraction of sp³-hybridized carbons (Fsp3) is 0.158. The van der Waals surface area contributed by atoms with Crippen LogP contribution in [0.5, 0.6) is 0 Å². The van der Waals surface area contributed by atoms with Gasteiger partial charge in [0.2, 0.25) is 0 Å². The summed E-state index contributed by atoms with van der Waals surface area (Å²) in [4.78, 5) is 26.6.